The summed E-state index contributed by atoms with van der Waals surface area (Å²) in [6, 6.07) is 6.02. The van der Waals surface area contributed by atoms with Crippen LogP contribution < -0.4 is 20.1 Å². The Bertz CT molecular complexity index is 893. The zero-order chi connectivity index (χ0) is 21.4. The van der Waals surface area contributed by atoms with E-state index in [0.717, 1.165) is 12.1 Å². The Labute approximate surface area is 172 Å². The fourth-order valence-electron chi connectivity index (χ4n) is 2.51. The quantitative estimate of drug-likeness (QED) is 0.643. The van der Waals surface area contributed by atoms with Crippen molar-refractivity contribution in [3.8, 4) is 11.5 Å². The van der Waals surface area contributed by atoms with Crippen molar-refractivity contribution in [1.82, 2.24) is 10.6 Å². The average Bonchev–Trinajstić information content (AvgIpc) is 2.68. The van der Waals surface area contributed by atoms with Gasteiger partial charge in [0.15, 0.2) is 11.5 Å². The number of nitrogens with one attached hydrogen (secondary N) is 2. The molecule has 2 N–H and O–H groups in total. The number of benzene rings is 2. The van der Waals surface area contributed by atoms with Gasteiger partial charge < -0.3 is 20.1 Å². The van der Waals surface area contributed by atoms with Crippen molar-refractivity contribution < 1.29 is 27.8 Å². The molecule has 0 saturated heterocycles. The molecule has 6 nitrogen and oxygen atoms in total. The lowest BCUT2D eigenvalue weighted by atomic mass is 10.2. The molecule has 0 radical (unpaired) electrons. The van der Waals surface area contributed by atoms with Crippen molar-refractivity contribution in [3.05, 3.63) is 58.1 Å². The van der Waals surface area contributed by atoms with Gasteiger partial charge >= 0.3 is 0 Å². The molecule has 0 bridgehead atoms. The zero-order valence-corrected chi connectivity index (χ0v) is 16.7. The monoisotopic (exact) mass is 426 g/mol. The molecular formula is C20H21ClF2N2O4. The number of carbonyl (C=O) groups excluding carboxylic acids is 2. The number of amides is 2. The molecule has 2 amide bonds. The van der Waals surface area contributed by atoms with Crippen molar-refractivity contribution >= 4 is 23.4 Å². The highest BCUT2D eigenvalue weighted by atomic mass is 35.5. The molecule has 0 saturated carbocycles. The topological polar surface area (TPSA) is 76.7 Å². The predicted molar refractivity (Wildman–Crippen MR) is 104 cm³/mol. The van der Waals surface area contributed by atoms with E-state index in [-0.39, 0.29) is 31.0 Å². The van der Waals surface area contributed by atoms with Gasteiger partial charge in [-0.15, -0.1) is 0 Å². The van der Waals surface area contributed by atoms with E-state index in [1.54, 1.807) is 12.1 Å². The highest BCUT2D eigenvalue weighted by molar-refractivity contribution is 6.32. The number of hydrogen-bond donors (Lipinski definition) is 2. The number of rotatable bonds is 9. The predicted octanol–water partition coefficient (Wildman–Crippen LogP) is 3.46. The first-order valence-electron chi connectivity index (χ1n) is 8.84. The lowest BCUT2D eigenvalue weighted by molar-refractivity contribution is -0.121. The van der Waals surface area contributed by atoms with Gasteiger partial charge in [-0.1, -0.05) is 11.6 Å². The third-order valence-corrected chi connectivity index (χ3v) is 4.16. The molecule has 0 atom stereocenters. The first-order chi connectivity index (χ1) is 13.8. The summed E-state index contributed by atoms with van der Waals surface area (Å²) < 4.78 is 37.1. The highest BCUT2D eigenvalue weighted by Gasteiger charge is 2.14. The summed E-state index contributed by atoms with van der Waals surface area (Å²) in [6.45, 7) is 2.45. The maximum atomic E-state index is 13.6. The summed E-state index contributed by atoms with van der Waals surface area (Å²) >= 11 is 6.19. The van der Waals surface area contributed by atoms with Gasteiger partial charge in [0.05, 0.1) is 24.3 Å². The molecular weight excluding hydrogens is 406 g/mol. The standard InChI is InChI=1S/C20H21ClF2N2O4/c1-3-29-19-15(21)8-12(9-17(19)28-2)11-25-18(26)6-7-24-20(27)14-5-4-13(22)10-16(14)23/h4-5,8-10H,3,6-7,11H2,1-2H3,(H,24,27)(H,25,26). The first-order valence-corrected chi connectivity index (χ1v) is 9.22. The van der Waals surface area contributed by atoms with Gasteiger partial charge in [0.1, 0.15) is 11.6 Å². The number of ether oxygens (including phenoxy) is 2. The first kappa shape index (κ1) is 22.4. The lowest BCUT2D eigenvalue weighted by Gasteiger charge is -2.13. The molecule has 0 unspecified atom stereocenters. The summed E-state index contributed by atoms with van der Waals surface area (Å²) in [5.41, 5.74) is 0.420. The van der Waals surface area contributed by atoms with E-state index in [2.05, 4.69) is 10.6 Å². The fourth-order valence-corrected chi connectivity index (χ4v) is 2.79. The summed E-state index contributed by atoms with van der Waals surface area (Å²) in [5.74, 6) is -1.90. The van der Waals surface area contributed by atoms with Crippen molar-refractivity contribution in [1.29, 1.82) is 0 Å². The van der Waals surface area contributed by atoms with Crippen LogP contribution in [0.3, 0.4) is 0 Å². The van der Waals surface area contributed by atoms with Gasteiger partial charge in [0, 0.05) is 25.6 Å². The van der Waals surface area contributed by atoms with Crippen molar-refractivity contribution in [2.24, 2.45) is 0 Å². The molecule has 156 valence electrons. The molecule has 0 aliphatic heterocycles. The zero-order valence-electron chi connectivity index (χ0n) is 16.0. The largest absolute Gasteiger partial charge is 0.493 e. The Morgan fingerprint density at radius 3 is 2.55 bits per heavy atom. The van der Waals surface area contributed by atoms with Crippen LogP contribution in [0.2, 0.25) is 5.02 Å². The second-order valence-electron chi connectivity index (χ2n) is 5.95. The second kappa shape index (κ2) is 10.6. The summed E-state index contributed by atoms with van der Waals surface area (Å²) in [7, 11) is 1.49. The summed E-state index contributed by atoms with van der Waals surface area (Å²) in [5, 5.41) is 5.47. The van der Waals surface area contributed by atoms with E-state index in [9.17, 15) is 18.4 Å². The van der Waals surface area contributed by atoms with Crippen LogP contribution in [0.4, 0.5) is 8.78 Å². The normalized spacial score (nSPS) is 10.4. The molecule has 2 aromatic carbocycles. The van der Waals surface area contributed by atoms with Crippen LogP contribution in [0.25, 0.3) is 0 Å². The van der Waals surface area contributed by atoms with Crippen LogP contribution >= 0.6 is 11.6 Å². The molecule has 2 aromatic rings. The van der Waals surface area contributed by atoms with Crippen LogP contribution in [0.1, 0.15) is 29.3 Å². The molecule has 9 heteroatoms. The van der Waals surface area contributed by atoms with Crippen LogP contribution in [0.5, 0.6) is 11.5 Å². The average molecular weight is 427 g/mol. The third kappa shape index (κ3) is 6.32. The maximum Gasteiger partial charge on any atom is 0.254 e. The van der Waals surface area contributed by atoms with Gasteiger partial charge in [-0.25, -0.2) is 8.78 Å². The van der Waals surface area contributed by atoms with Gasteiger partial charge in [-0.05, 0) is 36.8 Å². The van der Waals surface area contributed by atoms with Gasteiger partial charge in [0.25, 0.3) is 5.91 Å². The smallest absolute Gasteiger partial charge is 0.254 e. The number of methoxy groups -OCH3 is 1. The minimum absolute atomic E-state index is 0.00512. The van der Waals surface area contributed by atoms with E-state index in [0.29, 0.717) is 34.8 Å². The molecule has 0 spiro atoms. The van der Waals surface area contributed by atoms with Crippen LogP contribution in [-0.4, -0.2) is 32.1 Å². The van der Waals surface area contributed by atoms with Crippen molar-refractivity contribution in [2.75, 3.05) is 20.3 Å². The van der Waals surface area contributed by atoms with Crippen LogP contribution in [0.15, 0.2) is 30.3 Å². The van der Waals surface area contributed by atoms with Gasteiger partial charge in [-0.2, -0.15) is 0 Å². The Hall–Kier alpha value is -2.87. The van der Waals surface area contributed by atoms with E-state index < -0.39 is 17.5 Å². The highest BCUT2D eigenvalue weighted by Crippen LogP contribution is 2.36. The van der Waals surface area contributed by atoms with E-state index in [1.165, 1.54) is 7.11 Å². The second-order valence-corrected chi connectivity index (χ2v) is 6.36. The molecule has 0 heterocycles. The van der Waals surface area contributed by atoms with Crippen LogP contribution in [0, 0.1) is 11.6 Å². The Morgan fingerprint density at radius 1 is 1.14 bits per heavy atom. The third-order valence-electron chi connectivity index (χ3n) is 3.88. The molecule has 0 fully saturated rings. The minimum Gasteiger partial charge on any atom is -0.493 e. The lowest BCUT2D eigenvalue weighted by Crippen LogP contribution is -2.31. The molecule has 0 aliphatic carbocycles. The Kier molecular flexibility index (Phi) is 8.21. The number of hydrogen-bond acceptors (Lipinski definition) is 4. The Balaban J connectivity index is 1.84. The molecule has 29 heavy (non-hydrogen) atoms. The summed E-state index contributed by atoms with van der Waals surface area (Å²) in [6.07, 6.45) is -0.0174. The van der Waals surface area contributed by atoms with Crippen LogP contribution in [-0.2, 0) is 11.3 Å². The minimum atomic E-state index is -0.965. The SMILES string of the molecule is CCOc1c(Cl)cc(CNC(=O)CCNC(=O)c2ccc(F)cc2F)cc1OC. The Morgan fingerprint density at radius 2 is 1.90 bits per heavy atom. The van der Waals surface area contributed by atoms with Gasteiger partial charge in [0.2, 0.25) is 5.91 Å². The van der Waals surface area contributed by atoms with Gasteiger partial charge in [-0.3, -0.25) is 9.59 Å². The maximum absolute atomic E-state index is 13.6. The fraction of sp³-hybridized carbons (Fsp3) is 0.300. The van der Waals surface area contributed by atoms with Crippen molar-refractivity contribution in [3.63, 3.8) is 0 Å². The van der Waals surface area contributed by atoms with Crippen molar-refractivity contribution in [2.45, 2.75) is 19.9 Å². The van der Waals surface area contributed by atoms with E-state index >= 15 is 0 Å². The number of carbonyl (C=O) groups is 2. The molecule has 0 aromatic heterocycles. The molecule has 0 aliphatic rings. The van der Waals surface area contributed by atoms with E-state index in [1.807, 2.05) is 6.92 Å². The summed E-state index contributed by atoms with van der Waals surface area (Å²) in [4.78, 5) is 23.9. The number of halogens is 3. The molecule has 2 rings (SSSR count). The van der Waals surface area contributed by atoms with E-state index in [4.69, 9.17) is 21.1 Å².